The zero-order valence-corrected chi connectivity index (χ0v) is 18.6. The Morgan fingerprint density at radius 1 is 1.19 bits per heavy atom. The molecule has 1 aliphatic carbocycles. The van der Waals surface area contributed by atoms with Crippen LogP contribution < -0.4 is 10.1 Å². The maximum absolute atomic E-state index is 14.0. The molecule has 170 valence electrons. The van der Waals surface area contributed by atoms with Crippen LogP contribution in [0.25, 0.3) is 0 Å². The Balaban J connectivity index is 1.32. The van der Waals surface area contributed by atoms with Crippen LogP contribution in [0.4, 0.5) is 4.39 Å². The second kappa shape index (κ2) is 8.97. The molecule has 32 heavy (non-hydrogen) atoms. The Kier molecular flexibility index (Phi) is 6.28. The zero-order valence-electron chi connectivity index (χ0n) is 17.8. The van der Waals surface area contributed by atoms with Gasteiger partial charge in [0.25, 0.3) is 11.8 Å². The van der Waals surface area contributed by atoms with Gasteiger partial charge in [-0.25, -0.2) is 12.8 Å². The predicted octanol–water partition coefficient (Wildman–Crippen LogP) is 3.04. The minimum absolute atomic E-state index is 0.0343. The van der Waals surface area contributed by atoms with E-state index in [0.717, 1.165) is 18.4 Å². The maximum atomic E-state index is 14.0. The molecule has 2 heterocycles. The molecule has 1 saturated carbocycles. The number of carbonyl (C=O) groups excluding carboxylic acids is 2. The summed E-state index contributed by atoms with van der Waals surface area (Å²) in [6.45, 7) is 2.28. The lowest BCUT2D eigenvalue weighted by atomic mass is 10.0. The molecule has 2 amide bonds. The summed E-state index contributed by atoms with van der Waals surface area (Å²) in [4.78, 5) is 27.5. The number of hydrogen-bond donors (Lipinski definition) is 1. The quantitative estimate of drug-likeness (QED) is 0.547. The number of aromatic nitrogens is 1. The number of nitrogens with zero attached hydrogens (tertiary/aromatic N) is 1. The van der Waals surface area contributed by atoms with Crippen LogP contribution >= 0.6 is 0 Å². The van der Waals surface area contributed by atoms with Gasteiger partial charge in [-0.1, -0.05) is 13.0 Å². The first-order valence-corrected chi connectivity index (χ1v) is 12.5. The van der Waals surface area contributed by atoms with Crippen LogP contribution in [-0.4, -0.2) is 43.3 Å². The van der Waals surface area contributed by atoms with Crippen LogP contribution in [0, 0.1) is 11.7 Å². The predicted molar refractivity (Wildman–Crippen MR) is 116 cm³/mol. The lowest BCUT2D eigenvalue weighted by Crippen LogP contribution is -2.19. The Labute approximate surface area is 186 Å². The molecule has 0 bridgehead atoms. The van der Waals surface area contributed by atoms with Gasteiger partial charge in [0.15, 0.2) is 21.4 Å². The van der Waals surface area contributed by atoms with Crippen molar-refractivity contribution in [3.63, 3.8) is 0 Å². The molecule has 0 saturated heterocycles. The average molecular weight is 461 g/mol. The Morgan fingerprint density at radius 2 is 1.94 bits per heavy atom. The summed E-state index contributed by atoms with van der Waals surface area (Å²) in [7, 11) is -3.36. The molecule has 1 aromatic heterocycles. The summed E-state index contributed by atoms with van der Waals surface area (Å²) in [6.07, 6.45) is 4.26. The SMILES string of the molecule is C[C@@H](CS(=O)(=O)CCCc1cc2c(cn1)C(=O)NC2=O)c1ccc(F)c(OCC2CC2)c1. The van der Waals surface area contributed by atoms with Gasteiger partial charge in [0.2, 0.25) is 0 Å². The first-order valence-electron chi connectivity index (χ1n) is 10.7. The molecule has 1 aromatic carbocycles. The number of nitrogens with one attached hydrogen (secondary N) is 1. The molecule has 0 unspecified atom stereocenters. The minimum Gasteiger partial charge on any atom is -0.490 e. The van der Waals surface area contributed by atoms with Gasteiger partial charge >= 0.3 is 0 Å². The van der Waals surface area contributed by atoms with Crippen molar-refractivity contribution in [2.45, 2.75) is 38.5 Å². The summed E-state index contributed by atoms with van der Waals surface area (Å²) in [5.41, 5.74) is 1.79. The van der Waals surface area contributed by atoms with E-state index < -0.39 is 27.5 Å². The van der Waals surface area contributed by atoms with E-state index in [0.29, 0.717) is 31.1 Å². The molecule has 2 aliphatic rings. The molecule has 0 spiro atoms. The molecule has 1 N–H and O–H groups in total. The number of ether oxygens (including phenoxy) is 1. The van der Waals surface area contributed by atoms with E-state index in [1.807, 2.05) is 0 Å². The highest BCUT2D eigenvalue weighted by atomic mass is 32.2. The number of benzene rings is 1. The van der Waals surface area contributed by atoms with E-state index in [9.17, 15) is 22.4 Å². The van der Waals surface area contributed by atoms with E-state index in [1.54, 1.807) is 19.1 Å². The van der Waals surface area contributed by atoms with E-state index >= 15 is 0 Å². The van der Waals surface area contributed by atoms with Crippen LogP contribution in [0.5, 0.6) is 5.75 Å². The molecular weight excluding hydrogens is 435 g/mol. The smallest absolute Gasteiger partial charge is 0.260 e. The monoisotopic (exact) mass is 460 g/mol. The van der Waals surface area contributed by atoms with Gasteiger partial charge in [-0.15, -0.1) is 0 Å². The lowest BCUT2D eigenvalue weighted by Gasteiger charge is -2.15. The van der Waals surface area contributed by atoms with Crippen LogP contribution in [0.3, 0.4) is 0 Å². The molecule has 0 radical (unpaired) electrons. The third-order valence-electron chi connectivity index (χ3n) is 5.76. The second-order valence-corrected chi connectivity index (χ2v) is 10.8. The summed E-state index contributed by atoms with van der Waals surface area (Å²) in [5.74, 6) is -1.12. The molecule has 9 heteroatoms. The first kappa shape index (κ1) is 22.4. The van der Waals surface area contributed by atoms with Gasteiger partial charge in [-0.3, -0.25) is 19.9 Å². The van der Waals surface area contributed by atoms with Gasteiger partial charge in [0.05, 0.1) is 29.2 Å². The topological polar surface area (TPSA) is 102 Å². The molecule has 7 nitrogen and oxygen atoms in total. The highest BCUT2D eigenvalue weighted by Crippen LogP contribution is 2.31. The molecule has 4 rings (SSSR count). The number of rotatable bonds is 10. The van der Waals surface area contributed by atoms with Crippen molar-refractivity contribution in [2.75, 3.05) is 18.1 Å². The zero-order chi connectivity index (χ0) is 22.9. The van der Waals surface area contributed by atoms with Crippen LogP contribution in [-0.2, 0) is 16.3 Å². The minimum atomic E-state index is -3.36. The molecule has 1 aliphatic heterocycles. The molecule has 2 aromatic rings. The fourth-order valence-electron chi connectivity index (χ4n) is 3.70. The number of pyridine rings is 1. The van der Waals surface area contributed by atoms with Gasteiger partial charge in [-0.05, 0) is 61.3 Å². The van der Waals surface area contributed by atoms with E-state index in [1.165, 1.54) is 18.3 Å². The fraction of sp³-hybridized carbons (Fsp3) is 0.435. The van der Waals surface area contributed by atoms with Gasteiger partial charge in [0, 0.05) is 11.9 Å². The summed E-state index contributed by atoms with van der Waals surface area (Å²) in [5, 5.41) is 2.20. The second-order valence-electron chi connectivity index (χ2n) is 8.57. The van der Waals surface area contributed by atoms with Crippen molar-refractivity contribution < 1.29 is 27.1 Å². The Bertz CT molecular complexity index is 1160. The van der Waals surface area contributed by atoms with Crippen LogP contribution in [0.15, 0.2) is 30.5 Å². The maximum Gasteiger partial charge on any atom is 0.260 e. The van der Waals surface area contributed by atoms with Crippen LogP contribution in [0.1, 0.15) is 64.1 Å². The van der Waals surface area contributed by atoms with E-state index in [2.05, 4.69) is 10.3 Å². The van der Waals surface area contributed by atoms with Crippen molar-refractivity contribution in [3.05, 3.63) is 58.7 Å². The van der Waals surface area contributed by atoms with E-state index in [-0.39, 0.29) is 34.3 Å². The van der Waals surface area contributed by atoms with Gasteiger partial charge in [0.1, 0.15) is 0 Å². The van der Waals surface area contributed by atoms with Crippen molar-refractivity contribution in [3.8, 4) is 5.75 Å². The van der Waals surface area contributed by atoms with Gasteiger partial charge < -0.3 is 4.74 Å². The molecular formula is C23H25FN2O5S. The number of halogens is 1. The van der Waals surface area contributed by atoms with Crippen molar-refractivity contribution in [2.24, 2.45) is 5.92 Å². The van der Waals surface area contributed by atoms with Crippen LogP contribution in [0.2, 0.25) is 0 Å². The van der Waals surface area contributed by atoms with E-state index in [4.69, 9.17) is 4.74 Å². The molecule has 1 fully saturated rings. The average Bonchev–Trinajstić information content (AvgIpc) is 3.52. The fourth-order valence-corrected chi connectivity index (χ4v) is 5.41. The normalized spacial score (nSPS) is 16.6. The number of amides is 2. The first-order chi connectivity index (χ1) is 15.2. The number of fused-ring (bicyclic) bond motifs is 1. The Hall–Kier alpha value is -2.81. The largest absolute Gasteiger partial charge is 0.490 e. The lowest BCUT2D eigenvalue weighted by molar-refractivity contribution is 0.0879. The third kappa shape index (κ3) is 5.32. The van der Waals surface area contributed by atoms with Crippen molar-refractivity contribution in [1.29, 1.82) is 0 Å². The number of imide groups is 1. The summed E-state index contributed by atoms with van der Waals surface area (Å²) in [6, 6.07) is 6.05. The standard InChI is InChI=1S/C23H25FN2O5S/c1-14(16-6-7-20(24)21(9-16)31-12-15-4-5-15)13-32(29,30)8-2-3-17-10-18-19(11-25-17)23(28)26-22(18)27/h6-7,9-11,14-15H,2-5,8,12-13H2,1H3,(H,26,27,28)/t14-/m0/s1. The number of aryl methyl sites for hydroxylation is 1. The number of sulfone groups is 1. The summed E-state index contributed by atoms with van der Waals surface area (Å²) >= 11 is 0. The van der Waals surface area contributed by atoms with Crippen molar-refractivity contribution in [1.82, 2.24) is 10.3 Å². The number of hydrogen-bond acceptors (Lipinski definition) is 6. The Morgan fingerprint density at radius 3 is 2.69 bits per heavy atom. The summed E-state index contributed by atoms with van der Waals surface area (Å²) < 4.78 is 44.8. The highest BCUT2D eigenvalue weighted by molar-refractivity contribution is 7.91. The van der Waals surface area contributed by atoms with Gasteiger partial charge in [-0.2, -0.15) is 0 Å². The van der Waals surface area contributed by atoms with Crippen molar-refractivity contribution >= 4 is 21.7 Å². The third-order valence-corrected chi connectivity index (χ3v) is 7.68. The highest BCUT2D eigenvalue weighted by Gasteiger charge is 2.27. The molecule has 1 atom stereocenters. The number of carbonyl (C=O) groups is 2.